The molecule has 254 valence electrons. The first-order valence-corrected chi connectivity index (χ1v) is 16.4. The molecule has 49 heavy (non-hydrogen) atoms. The van der Waals surface area contributed by atoms with Gasteiger partial charge in [-0.2, -0.15) is 0 Å². The zero-order valence-corrected chi connectivity index (χ0v) is 26.8. The van der Waals surface area contributed by atoms with Gasteiger partial charge in [-0.3, -0.25) is 9.59 Å². The summed E-state index contributed by atoms with van der Waals surface area (Å²) >= 11 is 0. The summed E-state index contributed by atoms with van der Waals surface area (Å²) < 4.78 is 28.8. The van der Waals surface area contributed by atoms with Crippen LogP contribution in [-0.4, -0.2) is 52.9 Å². The molecular formula is C38H36O11. The van der Waals surface area contributed by atoms with Crippen LogP contribution in [0.1, 0.15) is 73.0 Å². The smallest absolute Gasteiger partial charge is 0.353 e. The number of benzene rings is 3. The summed E-state index contributed by atoms with van der Waals surface area (Å²) in [7, 11) is 1.56. The molecule has 3 aromatic carbocycles. The zero-order chi connectivity index (χ0) is 34.3. The van der Waals surface area contributed by atoms with Crippen LogP contribution in [0.5, 0.6) is 11.5 Å². The fourth-order valence-electron chi connectivity index (χ4n) is 8.21. The van der Waals surface area contributed by atoms with Gasteiger partial charge < -0.3 is 33.9 Å². The maximum absolute atomic E-state index is 13.3. The lowest BCUT2D eigenvalue weighted by Crippen LogP contribution is -2.67. The molecule has 0 amide bonds. The van der Waals surface area contributed by atoms with Gasteiger partial charge in [0, 0.05) is 16.7 Å². The monoisotopic (exact) mass is 668 g/mol. The topological polar surface area (TPSA) is 155 Å². The summed E-state index contributed by atoms with van der Waals surface area (Å²) in [6.45, 7) is 0. The maximum Gasteiger partial charge on any atom is 0.353 e. The number of rotatable bonds is 11. The Morgan fingerprint density at radius 1 is 0.898 bits per heavy atom. The fraction of sp³-hybridized carbons (Fsp3) is 0.368. The van der Waals surface area contributed by atoms with Gasteiger partial charge in [-0.15, -0.1) is 0 Å². The van der Waals surface area contributed by atoms with Crippen LogP contribution in [0.3, 0.4) is 0 Å². The maximum atomic E-state index is 13.3. The van der Waals surface area contributed by atoms with Crippen LogP contribution in [0, 0.1) is 5.92 Å². The number of carbonyl (C=O) groups excluding carboxylic acids is 3. The zero-order valence-electron chi connectivity index (χ0n) is 26.8. The quantitative estimate of drug-likeness (QED) is 0.208. The number of aliphatic hydroxyl groups is 1. The van der Waals surface area contributed by atoms with Gasteiger partial charge in [0.15, 0.2) is 17.6 Å². The predicted molar refractivity (Wildman–Crippen MR) is 171 cm³/mol. The van der Waals surface area contributed by atoms with Crippen molar-refractivity contribution in [1.29, 1.82) is 0 Å². The van der Waals surface area contributed by atoms with Crippen molar-refractivity contribution in [3.05, 3.63) is 107 Å². The number of methoxy groups -OCH3 is 1. The van der Waals surface area contributed by atoms with E-state index in [1.807, 2.05) is 12.1 Å². The normalized spacial score (nSPS) is 25.4. The van der Waals surface area contributed by atoms with E-state index in [9.17, 15) is 29.4 Å². The van der Waals surface area contributed by atoms with E-state index in [2.05, 4.69) is 0 Å². The van der Waals surface area contributed by atoms with Crippen molar-refractivity contribution in [2.45, 2.75) is 74.3 Å². The molecule has 0 saturated heterocycles. The number of aliphatic carboxylic acids is 1. The molecule has 3 aliphatic carbocycles. The Kier molecular flexibility index (Phi) is 8.40. The van der Waals surface area contributed by atoms with Gasteiger partial charge in [0.05, 0.1) is 31.0 Å². The third-order valence-electron chi connectivity index (χ3n) is 10.4. The third-order valence-corrected chi connectivity index (χ3v) is 10.4. The number of esters is 3. The van der Waals surface area contributed by atoms with Gasteiger partial charge in [0.2, 0.25) is 12.2 Å². The molecule has 0 radical (unpaired) electrons. The summed E-state index contributed by atoms with van der Waals surface area (Å²) in [5.74, 6) is -2.65. The molecular weight excluding hydrogens is 632 g/mol. The molecule has 6 atom stereocenters. The molecule has 3 aromatic rings. The van der Waals surface area contributed by atoms with Crippen molar-refractivity contribution < 1.29 is 53.1 Å². The van der Waals surface area contributed by atoms with E-state index < -0.39 is 59.6 Å². The average Bonchev–Trinajstić information content (AvgIpc) is 3.46. The van der Waals surface area contributed by atoms with Crippen molar-refractivity contribution >= 4 is 23.9 Å². The van der Waals surface area contributed by atoms with E-state index in [1.165, 1.54) is 12.1 Å². The lowest BCUT2D eigenvalue weighted by molar-refractivity contribution is -0.178. The minimum Gasteiger partial charge on any atom is -0.493 e. The van der Waals surface area contributed by atoms with Crippen LogP contribution in [0.2, 0.25) is 0 Å². The van der Waals surface area contributed by atoms with E-state index >= 15 is 0 Å². The molecule has 11 nitrogen and oxygen atoms in total. The molecule has 1 saturated carbocycles. The molecule has 1 spiro atoms. The van der Waals surface area contributed by atoms with Crippen molar-refractivity contribution in [3.8, 4) is 11.5 Å². The Hall–Kier alpha value is -5.16. The van der Waals surface area contributed by atoms with E-state index in [0.29, 0.717) is 24.3 Å². The molecule has 0 unspecified atom stereocenters. The minimum absolute atomic E-state index is 0.0326. The Balaban J connectivity index is 1.05. The first-order chi connectivity index (χ1) is 23.7. The summed E-state index contributed by atoms with van der Waals surface area (Å²) in [5, 5.41) is 22.0. The van der Waals surface area contributed by atoms with Gasteiger partial charge in [0.25, 0.3) is 0 Å². The largest absolute Gasteiger partial charge is 0.493 e. The fourth-order valence-corrected chi connectivity index (χ4v) is 8.21. The standard InChI is InChI=1S/C38H36O11/c1-45-26-15-14-24-21-25-13-8-19-37-30(24)33(26)48-34(37)27(18-20-38(25,37)44)46-28(39)16-17-29(40)47-32(23-11-6-3-7-12-23)36(43)49-31(35(41)42)22-9-4-2-5-10-22/h2-7,9-12,14-15,18,25,31-32,34,44H,8,13,16-17,19-21H2,1H3,(H,41,42)/t25-,31-,32-,34+,37+,38-/m0/s1. The van der Waals surface area contributed by atoms with Crippen LogP contribution in [-0.2, 0) is 45.2 Å². The second-order valence-corrected chi connectivity index (χ2v) is 12.9. The summed E-state index contributed by atoms with van der Waals surface area (Å²) in [5.41, 5.74) is 0.672. The highest BCUT2D eigenvalue weighted by Gasteiger charge is 2.71. The van der Waals surface area contributed by atoms with Crippen LogP contribution in [0.25, 0.3) is 0 Å². The van der Waals surface area contributed by atoms with E-state index in [0.717, 1.165) is 30.4 Å². The third kappa shape index (κ3) is 5.42. The molecule has 2 N–H and O–H groups in total. The lowest BCUT2D eigenvalue weighted by Gasteiger charge is -2.59. The summed E-state index contributed by atoms with van der Waals surface area (Å²) in [4.78, 5) is 51.5. The Labute approximate surface area is 282 Å². The Morgan fingerprint density at radius 3 is 2.24 bits per heavy atom. The first kappa shape index (κ1) is 32.4. The summed E-state index contributed by atoms with van der Waals surface area (Å²) in [6, 6.07) is 19.9. The highest BCUT2D eigenvalue weighted by atomic mass is 16.6. The van der Waals surface area contributed by atoms with Gasteiger partial charge in [-0.1, -0.05) is 73.2 Å². The summed E-state index contributed by atoms with van der Waals surface area (Å²) in [6.07, 6.45) is 0.415. The average molecular weight is 669 g/mol. The van der Waals surface area contributed by atoms with Crippen LogP contribution >= 0.6 is 0 Å². The first-order valence-electron chi connectivity index (χ1n) is 16.4. The number of carboxylic acid groups (broad SMARTS) is 1. The SMILES string of the molecule is COc1ccc2c3c1O[C@@H]1C(OC(=O)CCC(=O)O[C@H](C(=O)O[C@H](C(=O)O)c4ccccc4)c4ccccc4)=CC[C@]4(O)[C@@H](CCC[C@@]314)C2. The number of carboxylic acids is 1. The molecule has 1 heterocycles. The molecule has 4 aliphatic rings. The second kappa shape index (κ2) is 12.7. The number of hydrogen-bond donors (Lipinski definition) is 2. The van der Waals surface area contributed by atoms with Crippen LogP contribution in [0.4, 0.5) is 0 Å². The Morgan fingerprint density at radius 2 is 1.57 bits per heavy atom. The Bertz CT molecular complexity index is 1820. The highest BCUT2D eigenvalue weighted by molar-refractivity contribution is 5.85. The van der Waals surface area contributed by atoms with E-state index in [-0.39, 0.29) is 29.2 Å². The van der Waals surface area contributed by atoms with Crippen LogP contribution < -0.4 is 9.47 Å². The molecule has 2 bridgehead atoms. The van der Waals surface area contributed by atoms with Gasteiger partial charge in [0.1, 0.15) is 5.76 Å². The predicted octanol–water partition coefficient (Wildman–Crippen LogP) is 5.05. The van der Waals surface area contributed by atoms with Crippen molar-refractivity contribution in [2.75, 3.05) is 7.11 Å². The molecule has 1 aliphatic heterocycles. The van der Waals surface area contributed by atoms with Crippen LogP contribution in [0.15, 0.2) is 84.6 Å². The van der Waals surface area contributed by atoms with E-state index in [1.54, 1.807) is 61.7 Å². The number of hydrogen-bond acceptors (Lipinski definition) is 10. The van der Waals surface area contributed by atoms with E-state index in [4.69, 9.17) is 23.7 Å². The second-order valence-electron chi connectivity index (χ2n) is 12.9. The van der Waals surface area contributed by atoms with Gasteiger partial charge in [-0.25, -0.2) is 9.59 Å². The van der Waals surface area contributed by atoms with Gasteiger partial charge in [-0.05, 0) is 49.3 Å². The highest BCUT2D eigenvalue weighted by Crippen LogP contribution is 2.67. The molecule has 0 aromatic heterocycles. The molecule has 7 rings (SSSR count). The minimum atomic E-state index is -1.63. The molecule has 11 heteroatoms. The number of ether oxygens (including phenoxy) is 5. The van der Waals surface area contributed by atoms with Crippen molar-refractivity contribution in [2.24, 2.45) is 5.92 Å². The molecule has 1 fully saturated rings. The van der Waals surface area contributed by atoms with Crippen molar-refractivity contribution in [1.82, 2.24) is 0 Å². The number of carbonyl (C=O) groups is 4. The van der Waals surface area contributed by atoms with Gasteiger partial charge >= 0.3 is 23.9 Å². The lowest BCUT2D eigenvalue weighted by atomic mass is 9.47. The van der Waals surface area contributed by atoms with Crippen molar-refractivity contribution in [3.63, 3.8) is 0 Å².